The van der Waals surface area contributed by atoms with Gasteiger partial charge in [-0.1, -0.05) is 41.9 Å². The van der Waals surface area contributed by atoms with Crippen molar-refractivity contribution in [3.05, 3.63) is 65.2 Å². The Morgan fingerprint density at radius 3 is 2.31 bits per heavy atom. The van der Waals surface area contributed by atoms with Crippen LogP contribution in [0, 0.1) is 0 Å². The van der Waals surface area contributed by atoms with E-state index in [0.29, 0.717) is 10.8 Å². The molecule has 1 unspecified atom stereocenters. The average Bonchev–Trinajstić information content (AvgIpc) is 2.62. The van der Waals surface area contributed by atoms with Gasteiger partial charge in [-0.2, -0.15) is 0 Å². The van der Waals surface area contributed by atoms with Gasteiger partial charge in [0, 0.05) is 5.02 Å². The van der Waals surface area contributed by atoms with Crippen LogP contribution in [0.3, 0.4) is 0 Å². The molecule has 138 valence electrons. The van der Waals surface area contributed by atoms with Crippen LogP contribution in [0.4, 0.5) is 0 Å². The van der Waals surface area contributed by atoms with E-state index in [4.69, 9.17) is 21.1 Å². The minimum absolute atomic E-state index is 0.180. The van der Waals surface area contributed by atoms with E-state index >= 15 is 0 Å². The Morgan fingerprint density at radius 2 is 1.69 bits per heavy atom. The molecule has 0 heterocycles. The first-order chi connectivity index (χ1) is 12.3. The summed E-state index contributed by atoms with van der Waals surface area (Å²) in [5.41, 5.74) is -0.266. The number of carbonyl (C=O) groups is 2. The van der Waals surface area contributed by atoms with Crippen molar-refractivity contribution in [2.45, 2.75) is 32.4 Å². The zero-order valence-electron chi connectivity index (χ0n) is 15.0. The molecular formula is C20H22ClNO4. The zero-order chi connectivity index (χ0) is 19.2. The SMILES string of the molecule is CC(NC(=O)COC(=O)C(C)(C)Oc1ccc(Cl)cc1)c1ccccc1. The normalized spacial score (nSPS) is 12.2. The third-order valence-electron chi connectivity index (χ3n) is 3.69. The molecule has 0 aliphatic carbocycles. The first-order valence-electron chi connectivity index (χ1n) is 8.24. The maximum atomic E-state index is 12.2. The van der Waals surface area contributed by atoms with E-state index < -0.39 is 11.6 Å². The number of benzene rings is 2. The van der Waals surface area contributed by atoms with Crippen LogP contribution in [-0.4, -0.2) is 24.1 Å². The van der Waals surface area contributed by atoms with Crippen LogP contribution >= 0.6 is 11.6 Å². The van der Waals surface area contributed by atoms with Gasteiger partial charge in [0.25, 0.3) is 5.91 Å². The van der Waals surface area contributed by atoms with Crippen molar-refractivity contribution in [1.82, 2.24) is 5.32 Å². The van der Waals surface area contributed by atoms with Crippen molar-refractivity contribution >= 4 is 23.5 Å². The first kappa shape index (κ1) is 19.8. The second kappa shape index (κ2) is 8.72. The number of hydrogen-bond acceptors (Lipinski definition) is 4. The lowest BCUT2D eigenvalue weighted by atomic mass is 10.1. The molecule has 2 rings (SSSR count). The second-order valence-corrected chi connectivity index (χ2v) is 6.78. The average molecular weight is 376 g/mol. The molecule has 6 heteroatoms. The molecule has 26 heavy (non-hydrogen) atoms. The van der Waals surface area contributed by atoms with Gasteiger partial charge in [-0.25, -0.2) is 4.79 Å². The smallest absolute Gasteiger partial charge is 0.350 e. The van der Waals surface area contributed by atoms with Gasteiger partial charge in [0.15, 0.2) is 12.2 Å². The van der Waals surface area contributed by atoms with Crippen LogP contribution in [-0.2, 0) is 14.3 Å². The number of carbonyl (C=O) groups excluding carboxylic acids is 2. The van der Waals surface area contributed by atoms with E-state index in [1.165, 1.54) is 0 Å². The maximum absolute atomic E-state index is 12.2. The molecule has 0 spiro atoms. The van der Waals surface area contributed by atoms with E-state index in [9.17, 15) is 9.59 Å². The summed E-state index contributed by atoms with van der Waals surface area (Å²) in [6.45, 7) is 4.65. The van der Waals surface area contributed by atoms with Gasteiger partial charge >= 0.3 is 5.97 Å². The van der Waals surface area contributed by atoms with Gasteiger partial charge < -0.3 is 14.8 Å². The van der Waals surface area contributed by atoms with Crippen molar-refractivity contribution < 1.29 is 19.1 Å². The van der Waals surface area contributed by atoms with Crippen molar-refractivity contribution in [3.63, 3.8) is 0 Å². The summed E-state index contributed by atoms with van der Waals surface area (Å²) in [6, 6.07) is 16.0. The molecule has 1 atom stereocenters. The molecule has 0 saturated heterocycles. The van der Waals surface area contributed by atoms with Crippen molar-refractivity contribution in [2.75, 3.05) is 6.61 Å². The molecule has 2 aromatic rings. The molecule has 5 nitrogen and oxygen atoms in total. The van der Waals surface area contributed by atoms with Crippen molar-refractivity contribution in [3.8, 4) is 5.75 Å². The topological polar surface area (TPSA) is 64.6 Å². The van der Waals surface area contributed by atoms with Crippen LogP contribution in [0.5, 0.6) is 5.75 Å². The fraction of sp³-hybridized carbons (Fsp3) is 0.300. The lowest BCUT2D eigenvalue weighted by Crippen LogP contribution is -2.41. The minimum Gasteiger partial charge on any atom is -0.476 e. The van der Waals surface area contributed by atoms with Crippen molar-refractivity contribution in [1.29, 1.82) is 0 Å². The highest BCUT2D eigenvalue weighted by atomic mass is 35.5. The number of esters is 1. The Balaban J connectivity index is 1.84. The quantitative estimate of drug-likeness (QED) is 0.745. The molecule has 1 N–H and O–H groups in total. The summed E-state index contributed by atoms with van der Waals surface area (Å²) in [5, 5.41) is 3.36. The van der Waals surface area contributed by atoms with E-state index in [-0.39, 0.29) is 18.6 Å². The van der Waals surface area contributed by atoms with Gasteiger partial charge in [0.05, 0.1) is 6.04 Å². The van der Waals surface area contributed by atoms with Crippen LogP contribution in [0.2, 0.25) is 5.02 Å². The van der Waals surface area contributed by atoms with Crippen LogP contribution in [0.15, 0.2) is 54.6 Å². The van der Waals surface area contributed by atoms with E-state index in [0.717, 1.165) is 5.56 Å². The maximum Gasteiger partial charge on any atom is 0.350 e. The highest BCUT2D eigenvalue weighted by Gasteiger charge is 2.32. The highest BCUT2D eigenvalue weighted by Crippen LogP contribution is 2.21. The summed E-state index contributed by atoms with van der Waals surface area (Å²) in [7, 11) is 0. The summed E-state index contributed by atoms with van der Waals surface area (Å²) in [5.74, 6) is -0.523. The molecule has 0 bridgehead atoms. The second-order valence-electron chi connectivity index (χ2n) is 6.34. The molecular weight excluding hydrogens is 354 g/mol. The molecule has 0 aliphatic rings. The molecule has 1 amide bonds. The number of nitrogens with one attached hydrogen (secondary N) is 1. The number of halogens is 1. The lowest BCUT2D eigenvalue weighted by molar-refractivity contribution is -0.162. The Bertz CT molecular complexity index is 744. The number of ether oxygens (including phenoxy) is 2. The summed E-state index contributed by atoms with van der Waals surface area (Å²) in [4.78, 5) is 24.3. The molecule has 0 aliphatic heterocycles. The monoisotopic (exact) mass is 375 g/mol. The molecule has 0 saturated carbocycles. The standard InChI is InChI=1S/C20H22ClNO4/c1-14(15-7-5-4-6-8-15)22-18(23)13-25-19(24)20(2,3)26-17-11-9-16(21)10-12-17/h4-12,14H,13H2,1-3H3,(H,22,23). The third kappa shape index (κ3) is 5.77. The van der Waals surface area contributed by atoms with Crippen molar-refractivity contribution in [2.24, 2.45) is 0 Å². The van der Waals surface area contributed by atoms with Crippen LogP contribution in [0.1, 0.15) is 32.4 Å². The van der Waals surface area contributed by atoms with E-state index in [2.05, 4.69) is 5.32 Å². The number of hydrogen-bond donors (Lipinski definition) is 1. The Labute approximate surface area is 158 Å². The molecule has 0 fully saturated rings. The lowest BCUT2D eigenvalue weighted by Gasteiger charge is -2.24. The van der Waals surface area contributed by atoms with Crippen LogP contribution in [0.25, 0.3) is 0 Å². The summed E-state index contributed by atoms with van der Waals surface area (Å²) in [6.07, 6.45) is 0. The molecule has 2 aromatic carbocycles. The summed E-state index contributed by atoms with van der Waals surface area (Å²) < 4.78 is 10.7. The predicted molar refractivity (Wildman–Crippen MR) is 100 cm³/mol. The first-order valence-corrected chi connectivity index (χ1v) is 8.62. The van der Waals surface area contributed by atoms with E-state index in [1.807, 2.05) is 37.3 Å². The third-order valence-corrected chi connectivity index (χ3v) is 3.94. The fourth-order valence-electron chi connectivity index (χ4n) is 2.25. The van der Waals surface area contributed by atoms with Gasteiger partial charge in [-0.15, -0.1) is 0 Å². The Morgan fingerprint density at radius 1 is 1.08 bits per heavy atom. The number of amides is 1. The van der Waals surface area contributed by atoms with Gasteiger partial charge in [-0.3, -0.25) is 4.79 Å². The number of rotatable bonds is 7. The van der Waals surface area contributed by atoms with Crippen LogP contribution < -0.4 is 10.1 Å². The predicted octanol–water partition coefficient (Wildman–Crippen LogP) is 3.92. The minimum atomic E-state index is -1.24. The fourth-order valence-corrected chi connectivity index (χ4v) is 2.38. The van der Waals surface area contributed by atoms with Gasteiger partial charge in [-0.05, 0) is 50.6 Å². The van der Waals surface area contributed by atoms with E-state index in [1.54, 1.807) is 38.1 Å². The van der Waals surface area contributed by atoms with Gasteiger partial charge in [0.2, 0.25) is 0 Å². The largest absolute Gasteiger partial charge is 0.476 e. The molecule has 0 aromatic heterocycles. The van der Waals surface area contributed by atoms with Gasteiger partial charge in [0.1, 0.15) is 5.75 Å². The highest BCUT2D eigenvalue weighted by molar-refractivity contribution is 6.30. The summed E-state index contributed by atoms with van der Waals surface area (Å²) >= 11 is 5.82. The molecule has 0 radical (unpaired) electrons. The Kier molecular flexibility index (Phi) is 6.64. The Hall–Kier alpha value is -2.53. The zero-order valence-corrected chi connectivity index (χ0v) is 15.7.